The normalized spacial score (nSPS) is 13.6. The number of nitrogens with one attached hydrogen (secondary N) is 1. The molecule has 0 aromatic heterocycles. The fourth-order valence-electron chi connectivity index (χ4n) is 1.37. The average Bonchev–Trinajstić information content (AvgIpc) is 1.99. The number of rotatable bonds is 7. The van der Waals surface area contributed by atoms with Crippen molar-refractivity contribution in [3.63, 3.8) is 0 Å². The Balaban J connectivity index is 2.97. The second-order valence-electron chi connectivity index (χ2n) is 3.51. The standard InChI is InChI=1S/C9H23NSi/c1-3-4-5-6-7-9(2)8-10-11/h9-10H,3-8H2,1-2,11H3. The van der Waals surface area contributed by atoms with Gasteiger partial charge in [0.2, 0.25) is 0 Å². The maximum Gasteiger partial charge on any atom is 0.0749 e. The van der Waals surface area contributed by atoms with Crippen LogP contribution >= 0.6 is 0 Å². The van der Waals surface area contributed by atoms with E-state index >= 15 is 0 Å². The second kappa shape index (κ2) is 8.28. The SMILES string of the molecule is CCCCCCC(C)CN[SiH3]. The number of hydrogen-bond acceptors (Lipinski definition) is 1. The van der Waals surface area contributed by atoms with Crippen LogP contribution in [0, 0.1) is 5.92 Å². The molecule has 0 rings (SSSR count). The molecule has 0 heterocycles. The van der Waals surface area contributed by atoms with E-state index in [4.69, 9.17) is 0 Å². The van der Waals surface area contributed by atoms with Crippen molar-refractivity contribution >= 4 is 10.4 Å². The van der Waals surface area contributed by atoms with Crippen molar-refractivity contribution in [1.82, 2.24) is 4.98 Å². The molecular weight excluding hydrogens is 150 g/mol. The summed E-state index contributed by atoms with van der Waals surface area (Å²) in [6, 6.07) is 0. The van der Waals surface area contributed by atoms with Crippen molar-refractivity contribution in [1.29, 1.82) is 0 Å². The zero-order valence-electron chi connectivity index (χ0n) is 8.32. The molecule has 0 saturated carbocycles. The zero-order valence-corrected chi connectivity index (χ0v) is 10.3. The molecular formula is C9H23NSi. The van der Waals surface area contributed by atoms with Gasteiger partial charge in [-0.25, -0.2) is 0 Å². The molecule has 0 aromatic carbocycles. The number of unbranched alkanes of at least 4 members (excludes halogenated alkanes) is 3. The molecule has 0 spiro atoms. The fourth-order valence-corrected chi connectivity index (χ4v) is 2.07. The molecule has 68 valence electrons. The van der Waals surface area contributed by atoms with Gasteiger partial charge in [0.1, 0.15) is 0 Å². The molecule has 0 radical (unpaired) electrons. The minimum absolute atomic E-state index is 0.893. The molecule has 0 saturated heterocycles. The first-order chi connectivity index (χ1) is 5.31. The van der Waals surface area contributed by atoms with Gasteiger partial charge in [0.25, 0.3) is 0 Å². The van der Waals surface area contributed by atoms with Gasteiger partial charge in [-0.2, -0.15) is 0 Å². The van der Waals surface area contributed by atoms with Crippen LogP contribution in [0.4, 0.5) is 0 Å². The van der Waals surface area contributed by atoms with Gasteiger partial charge in [0.05, 0.1) is 10.4 Å². The summed E-state index contributed by atoms with van der Waals surface area (Å²) in [5, 5.41) is 0. The van der Waals surface area contributed by atoms with Gasteiger partial charge in [-0.1, -0.05) is 39.5 Å². The van der Waals surface area contributed by atoms with E-state index in [1.807, 2.05) is 0 Å². The first-order valence-electron chi connectivity index (χ1n) is 4.95. The van der Waals surface area contributed by atoms with Gasteiger partial charge in [-0.3, -0.25) is 0 Å². The van der Waals surface area contributed by atoms with Crippen LogP contribution in [0.5, 0.6) is 0 Å². The third-order valence-corrected chi connectivity index (χ3v) is 2.51. The van der Waals surface area contributed by atoms with E-state index in [0.717, 1.165) is 16.3 Å². The topological polar surface area (TPSA) is 12.0 Å². The maximum absolute atomic E-state index is 3.35. The summed E-state index contributed by atoms with van der Waals surface area (Å²) in [7, 11) is 1.15. The average molecular weight is 173 g/mol. The van der Waals surface area contributed by atoms with Crippen molar-refractivity contribution in [2.75, 3.05) is 6.54 Å². The van der Waals surface area contributed by atoms with Crippen LogP contribution in [0.15, 0.2) is 0 Å². The predicted molar refractivity (Wildman–Crippen MR) is 55.9 cm³/mol. The first-order valence-corrected chi connectivity index (χ1v) is 5.95. The quantitative estimate of drug-likeness (QED) is 0.454. The van der Waals surface area contributed by atoms with Crippen LogP contribution in [0.2, 0.25) is 0 Å². The Morgan fingerprint density at radius 1 is 1.27 bits per heavy atom. The Hall–Kier alpha value is 0.177. The van der Waals surface area contributed by atoms with Crippen molar-refractivity contribution in [2.24, 2.45) is 5.92 Å². The summed E-state index contributed by atoms with van der Waals surface area (Å²) >= 11 is 0. The lowest BCUT2D eigenvalue weighted by atomic mass is 10.0. The van der Waals surface area contributed by atoms with Crippen LogP contribution in [0.1, 0.15) is 46.0 Å². The van der Waals surface area contributed by atoms with Gasteiger partial charge in [0, 0.05) is 0 Å². The largest absolute Gasteiger partial charge is 0.345 e. The van der Waals surface area contributed by atoms with Crippen LogP contribution in [-0.4, -0.2) is 16.9 Å². The maximum atomic E-state index is 3.35. The minimum Gasteiger partial charge on any atom is -0.345 e. The van der Waals surface area contributed by atoms with Gasteiger partial charge < -0.3 is 4.98 Å². The predicted octanol–water partition coefficient (Wildman–Crippen LogP) is 1.46. The summed E-state index contributed by atoms with van der Waals surface area (Å²) < 4.78 is 0. The van der Waals surface area contributed by atoms with Crippen LogP contribution in [0.25, 0.3) is 0 Å². The van der Waals surface area contributed by atoms with E-state index in [2.05, 4.69) is 18.8 Å². The molecule has 0 fully saturated rings. The molecule has 0 aromatic rings. The Labute approximate surface area is 74.5 Å². The monoisotopic (exact) mass is 173 g/mol. The van der Waals surface area contributed by atoms with Gasteiger partial charge in [-0.05, 0) is 18.9 Å². The lowest BCUT2D eigenvalue weighted by molar-refractivity contribution is 0.487. The molecule has 2 heteroatoms. The molecule has 1 unspecified atom stereocenters. The Kier molecular flexibility index (Phi) is 8.41. The Bertz CT molecular complexity index is 76.0. The van der Waals surface area contributed by atoms with Crippen molar-refractivity contribution < 1.29 is 0 Å². The zero-order chi connectivity index (χ0) is 8.53. The summed E-state index contributed by atoms with van der Waals surface area (Å²) in [5.41, 5.74) is 0. The van der Waals surface area contributed by atoms with Gasteiger partial charge in [0.15, 0.2) is 0 Å². The van der Waals surface area contributed by atoms with Crippen LogP contribution in [0.3, 0.4) is 0 Å². The van der Waals surface area contributed by atoms with Gasteiger partial charge >= 0.3 is 0 Å². The molecule has 0 aliphatic heterocycles. The lowest BCUT2D eigenvalue weighted by Crippen LogP contribution is -2.17. The summed E-state index contributed by atoms with van der Waals surface area (Å²) in [6.07, 6.45) is 7.05. The second-order valence-corrected chi connectivity index (χ2v) is 4.22. The highest BCUT2D eigenvalue weighted by Crippen LogP contribution is 2.08. The molecule has 0 amide bonds. The molecule has 1 atom stereocenters. The van der Waals surface area contributed by atoms with E-state index in [9.17, 15) is 0 Å². The van der Waals surface area contributed by atoms with Gasteiger partial charge in [-0.15, -0.1) is 0 Å². The molecule has 0 aliphatic rings. The van der Waals surface area contributed by atoms with Crippen molar-refractivity contribution in [2.45, 2.75) is 46.0 Å². The smallest absolute Gasteiger partial charge is 0.0749 e. The van der Waals surface area contributed by atoms with E-state index in [0.29, 0.717) is 0 Å². The van der Waals surface area contributed by atoms with Crippen LogP contribution < -0.4 is 4.98 Å². The van der Waals surface area contributed by atoms with E-state index in [1.165, 1.54) is 38.6 Å². The van der Waals surface area contributed by atoms with E-state index in [1.54, 1.807) is 0 Å². The molecule has 0 aliphatic carbocycles. The summed E-state index contributed by atoms with van der Waals surface area (Å²) in [6.45, 7) is 5.85. The minimum atomic E-state index is 0.893. The summed E-state index contributed by atoms with van der Waals surface area (Å²) in [4.78, 5) is 3.35. The molecule has 11 heavy (non-hydrogen) atoms. The van der Waals surface area contributed by atoms with E-state index in [-0.39, 0.29) is 0 Å². The highest BCUT2D eigenvalue weighted by atomic mass is 28.2. The highest BCUT2D eigenvalue weighted by Gasteiger charge is 1.98. The van der Waals surface area contributed by atoms with Crippen molar-refractivity contribution in [3.05, 3.63) is 0 Å². The first kappa shape index (κ1) is 11.2. The van der Waals surface area contributed by atoms with Crippen LogP contribution in [-0.2, 0) is 0 Å². The van der Waals surface area contributed by atoms with Crippen molar-refractivity contribution in [3.8, 4) is 0 Å². The Morgan fingerprint density at radius 3 is 2.55 bits per heavy atom. The third-order valence-electron chi connectivity index (χ3n) is 2.10. The molecule has 1 N–H and O–H groups in total. The summed E-state index contributed by atoms with van der Waals surface area (Å²) in [5.74, 6) is 0.893. The fraction of sp³-hybridized carbons (Fsp3) is 1.00. The third kappa shape index (κ3) is 8.08. The van der Waals surface area contributed by atoms with E-state index < -0.39 is 0 Å². The lowest BCUT2D eigenvalue weighted by Gasteiger charge is -2.09. The Morgan fingerprint density at radius 2 is 2.00 bits per heavy atom. The highest BCUT2D eigenvalue weighted by molar-refractivity contribution is 6.04. The number of hydrogen-bond donors (Lipinski definition) is 1. The molecule has 1 nitrogen and oxygen atoms in total. The molecule has 0 bridgehead atoms.